The Kier molecular flexibility index (Phi) is 3.41. The van der Waals surface area contributed by atoms with Gasteiger partial charge in [0.05, 0.1) is 10.6 Å². The van der Waals surface area contributed by atoms with E-state index in [0.717, 1.165) is 16.5 Å². The van der Waals surface area contributed by atoms with Gasteiger partial charge in [0.15, 0.2) is 0 Å². The van der Waals surface area contributed by atoms with E-state index in [0.29, 0.717) is 5.82 Å². The van der Waals surface area contributed by atoms with Crippen LogP contribution in [0.3, 0.4) is 0 Å². The largest absolute Gasteiger partial charge is 0.478 e. The van der Waals surface area contributed by atoms with E-state index in [1.165, 1.54) is 12.3 Å². The summed E-state index contributed by atoms with van der Waals surface area (Å²) >= 11 is 6.07. The topological polar surface area (TPSA) is 75.1 Å². The van der Waals surface area contributed by atoms with E-state index >= 15 is 0 Å². The Morgan fingerprint density at radius 2 is 2.10 bits per heavy atom. The first-order valence-electron chi connectivity index (χ1n) is 6.14. The summed E-state index contributed by atoms with van der Waals surface area (Å²) in [5, 5.41) is 14.2. The minimum atomic E-state index is -1.06. The maximum Gasteiger partial charge on any atom is 0.337 e. The van der Waals surface area contributed by atoms with Crippen LogP contribution < -0.4 is 5.32 Å². The van der Waals surface area contributed by atoms with Crippen molar-refractivity contribution in [3.63, 3.8) is 0 Å². The van der Waals surface area contributed by atoms with Crippen LogP contribution in [0.4, 0.5) is 11.5 Å². The highest BCUT2D eigenvalue weighted by Gasteiger charge is 2.09. The molecule has 0 atom stereocenters. The lowest BCUT2D eigenvalue weighted by molar-refractivity contribution is 0.0696. The lowest BCUT2D eigenvalue weighted by Gasteiger charge is -2.10. The third kappa shape index (κ3) is 2.64. The molecule has 0 radical (unpaired) electrons. The van der Waals surface area contributed by atoms with Gasteiger partial charge in [-0.15, -0.1) is 0 Å². The number of aromatic carboxylic acids is 1. The number of aromatic nitrogens is 2. The molecule has 0 aliphatic rings. The summed E-state index contributed by atoms with van der Waals surface area (Å²) in [6.07, 6.45) is 4.73. The molecule has 2 N–H and O–H groups in total. The molecule has 0 spiro atoms. The predicted molar refractivity (Wildman–Crippen MR) is 81.2 cm³/mol. The molecule has 0 amide bonds. The fraction of sp³-hybridized carbons (Fsp3) is 0. The van der Waals surface area contributed by atoms with E-state index in [-0.39, 0.29) is 10.6 Å². The van der Waals surface area contributed by atoms with E-state index in [2.05, 4.69) is 15.3 Å². The normalized spacial score (nSPS) is 10.5. The molecule has 0 bridgehead atoms. The van der Waals surface area contributed by atoms with Gasteiger partial charge in [0, 0.05) is 29.7 Å². The molecule has 0 unspecified atom stereocenters. The van der Waals surface area contributed by atoms with Crippen molar-refractivity contribution < 1.29 is 9.90 Å². The smallest absolute Gasteiger partial charge is 0.337 e. The molecule has 2 aromatic heterocycles. The average Bonchev–Trinajstić information content (AvgIpc) is 2.49. The van der Waals surface area contributed by atoms with Gasteiger partial charge in [-0.05, 0) is 23.6 Å². The molecule has 6 heteroatoms. The SMILES string of the molecule is O=C(O)c1cnc(Nc2cccc3ccncc23)c(Cl)c1. The Morgan fingerprint density at radius 1 is 1.24 bits per heavy atom. The predicted octanol–water partition coefficient (Wildman–Crippen LogP) is 3.73. The third-order valence-electron chi connectivity index (χ3n) is 3.02. The van der Waals surface area contributed by atoms with Crippen LogP contribution in [0.25, 0.3) is 10.8 Å². The average molecular weight is 300 g/mol. The van der Waals surface area contributed by atoms with Crippen LogP contribution in [0, 0.1) is 0 Å². The number of nitrogens with zero attached hydrogens (tertiary/aromatic N) is 2. The molecule has 2 heterocycles. The van der Waals surface area contributed by atoms with E-state index < -0.39 is 5.97 Å². The highest BCUT2D eigenvalue weighted by molar-refractivity contribution is 6.33. The molecule has 0 aliphatic heterocycles. The number of hydrogen-bond donors (Lipinski definition) is 2. The Morgan fingerprint density at radius 3 is 2.86 bits per heavy atom. The van der Waals surface area contributed by atoms with Gasteiger partial charge in [-0.25, -0.2) is 9.78 Å². The molecule has 1 aromatic carbocycles. The van der Waals surface area contributed by atoms with Crippen LogP contribution in [0.5, 0.6) is 0 Å². The van der Waals surface area contributed by atoms with Crippen LogP contribution in [0.1, 0.15) is 10.4 Å². The molecule has 3 rings (SSSR count). The molecule has 0 fully saturated rings. The Balaban J connectivity index is 2.01. The number of carboxylic acid groups (broad SMARTS) is 1. The Hall–Kier alpha value is -2.66. The Bertz CT molecular complexity index is 831. The zero-order valence-electron chi connectivity index (χ0n) is 10.7. The summed E-state index contributed by atoms with van der Waals surface area (Å²) in [7, 11) is 0. The van der Waals surface area contributed by atoms with Gasteiger partial charge in [-0.1, -0.05) is 23.7 Å². The van der Waals surface area contributed by atoms with Gasteiger partial charge < -0.3 is 10.4 Å². The lowest BCUT2D eigenvalue weighted by atomic mass is 10.1. The molecule has 0 saturated carbocycles. The third-order valence-corrected chi connectivity index (χ3v) is 3.31. The molecule has 21 heavy (non-hydrogen) atoms. The van der Waals surface area contributed by atoms with Crippen molar-refractivity contribution in [2.45, 2.75) is 0 Å². The number of anilines is 2. The van der Waals surface area contributed by atoms with Gasteiger partial charge in [-0.3, -0.25) is 4.98 Å². The maximum atomic E-state index is 10.9. The molecule has 0 aliphatic carbocycles. The minimum absolute atomic E-state index is 0.0464. The van der Waals surface area contributed by atoms with E-state index in [1.807, 2.05) is 24.3 Å². The molecule has 104 valence electrons. The first-order valence-corrected chi connectivity index (χ1v) is 6.51. The zero-order valence-corrected chi connectivity index (χ0v) is 11.5. The lowest BCUT2D eigenvalue weighted by Crippen LogP contribution is -2.01. The van der Waals surface area contributed by atoms with Crippen molar-refractivity contribution in [3.05, 3.63) is 59.5 Å². The van der Waals surface area contributed by atoms with Crippen molar-refractivity contribution in [1.82, 2.24) is 9.97 Å². The van der Waals surface area contributed by atoms with Gasteiger partial charge in [0.1, 0.15) is 5.82 Å². The van der Waals surface area contributed by atoms with Crippen LogP contribution >= 0.6 is 11.6 Å². The van der Waals surface area contributed by atoms with E-state index in [4.69, 9.17) is 16.7 Å². The second-order valence-electron chi connectivity index (χ2n) is 4.39. The second-order valence-corrected chi connectivity index (χ2v) is 4.79. The van der Waals surface area contributed by atoms with Gasteiger partial charge in [-0.2, -0.15) is 0 Å². The van der Waals surface area contributed by atoms with Crippen LogP contribution in [-0.4, -0.2) is 21.0 Å². The standard InChI is InChI=1S/C15H10ClN3O2/c16-12-6-10(15(20)21)7-18-14(12)19-13-3-1-2-9-4-5-17-8-11(9)13/h1-8H,(H,18,19)(H,20,21). The highest BCUT2D eigenvalue weighted by atomic mass is 35.5. The number of rotatable bonds is 3. The number of pyridine rings is 2. The van der Waals surface area contributed by atoms with Crippen molar-refractivity contribution in [1.29, 1.82) is 0 Å². The van der Waals surface area contributed by atoms with Gasteiger partial charge in [0.25, 0.3) is 0 Å². The summed E-state index contributed by atoms with van der Waals surface area (Å²) in [6.45, 7) is 0. The minimum Gasteiger partial charge on any atom is -0.478 e. The first-order chi connectivity index (χ1) is 10.1. The van der Waals surface area contributed by atoms with Crippen molar-refractivity contribution >= 4 is 39.8 Å². The van der Waals surface area contributed by atoms with Crippen molar-refractivity contribution in [2.24, 2.45) is 0 Å². The van der Waals surface area contributed by atoms with Crippen LogP contribution in [0.2, 0.25) is 5.02 Å². The summed E-state index contributed by atoms with van der Waals surface area (Å²) in [6, 6.07) is 9.04. The molecule has 5 nitrogen and oxygen atoms in total. The monoisotopic (exact) mass is 299 g/mol. The number of carboxylic acids is 1. The highest BCUT2D eigenvalue weighted by Crippen LogP contribution is 2.28. The quantitative estimate of drug-likeness (QED) is 0.771. The zero-order chi connectivity index (χ0) is 14.8. The number of carbonyl (C=O) groups is 1. The summed E-state index contributed by atoms with van der Waals surface area (Å²) in [5.74, 6) is -0.664. The maximum absolute atomic E-state index is 10.9. The van der Waals surface area contributed by atoms with E-state index in [9.17, 15) is 4.79 Å². The summed E-state index contributed by atoms with van der Waals surface area (Å²) in [5.41, 5.74) is 0.850. The fourth-order valence-corrected chi connectivity index (χ4v) is 2.21. The Labute approximate surface area is 125 Å². The number of hydrogen-bond acceptors (Lipinski definition) is 4. The molecular formula is C15H10ClN3O2. The van der Waals surface area contributed by atoms with Gasteiger partial charge >= 0.3 is 5.97 Å². The second kappa shape index (κ2) is 5.38. The van der Waals surface area contributed by atoms with Crippen molar-refractivity contribution in [3.8, 4) is 0 Å². The number of fused-ring (bicyclic) bond motifs is 1. The number of halogens is 1. The van der Waals surface area contributed by atoms with Crippen molar-refractivity contribution in [2.75, 3.05) is 5.32 Å². The fourth-order valence-electron chi connectivity index (χ4n) is 2.00. The van der Waals surface area contributed by atoms with Crippen LogP contribution in [0.15, 0.2) is 48.9 Å². The number of benzene rings is 1. The summed E-state index contributed by atoms with van der Waals surface area (Å²) < 4.78 is 0. The number of nitrogens with one attached hydrogen (secondary N) is 1. The van der Waals surface area contributed by atoms with Crippen LogP contribution in [-0.2, 0) is 0 Å². The summed E-state index contributed by atoms with van der Waals surface area (Å²) in [4.78, 5) is 19.0. The van der Waals surface area contributed by atoms with E-state index in [1.54, 1.807) is 12.4 Å². The van der Waals surface area contributed by atoms with Gasteiger partial charge in [0.2, 0.25) is 0 Å². The first kappa shape index (κ1) is 13.3. The molecule has 0 saturated heterocycles. The molecule has 3 aromatic rings. The molecular weight excluding hydrogens is 290 g/mol.